The molecule has 2 aliphatic rings. The Morgan fingerprint density at radius 3 is 2.57 bits per heavy atom. The van der Waals surface area contributed by atoms with E-state index in [1.807, 2.05) is 12.1 Å². The van der Waals surface area contributed by atoms with Gasteiger partial charge in [-0.05, 0) is 78.4 Å². The first-order valence-corrected chi connectivity index (χ1v) is 12.1. The van der Waals surface area contributed by atoms with E-state index in [0.717, 1.165) is 18.8 Å². The first-order chi connectivity index (χ1) is 14.6. The second kappa shape index (κ2) is 12.7. The van der Waals surface area contributed by atoms with Crippen molar-refractivity contribution in [3.05, 3.63) is 29.8 Å². The molecule has 0 aromatic heterocycles. The molecule has 30 heavy (non-hydrogen) atoms. The summed E-state index contributed by atoms with van der Waals surface area (Å²) in [6.07, 6.45) is 10.0. The predicted octanol–water partition coefficient (Wildman–Crippen LogP) is 3.61. The van der Waals surface area contributed by atoms with Crippen molar-refractivity contribution >= 4 is 0 Å². The molecule has 1 saturated heterocycles. The molecule has 1 aliphatic heterocycles. The smallest absolute Gasteiger partial charge is 0.123 e. The molecular weight excluding hydrogens is 374 g/mol. The minimum absolute atomic E-state index is 0.354. The number of likely N-dealkylation sites (N-methyl/N-ethyl adjacent to an activating group) is 1. The molecule has 3 rings (SSSR count). The van der Waals surface area contributed by atoms with E-state index >= 15 is 0 Å². The van der Waals surface area contributed by atoms with Gasteiger partial charge in [-0.3, -0.25) is 0 Å². The van der Waals surface area contributed by atoms with E-state index in [-0.39, 0.29) is 0 Å². The molecular formula is C25H43N3O2. The van der Waals surface area contributed by atoms with Gasteiger partial charge in [0, 0.05) is 24.7 Å². The molecule has 0 bridgehead atoms. The van der Waals surface area contributed by atoms with Gasteiger partial charge >= 0.3 is 0 Å². The van der Waals surface area contributed by atoms with Gasteiger partial charge in [0.05, 0.1) is 0 Å². The zero-order valence-electron chi connectivity index (χ0n) is 19.3. The number of rotatable bonds is 12. The molecule has 170 valence electrons. The lowest BCUT2D eigenvalue weighted by molar-refractivity contribution is 0.0557. The lowest BCUT2D eigenvalue weighted by Gasteiger charge is -2.32. The van der Waals surface area contributed by atoms with Crippen LogP contribution in [0.1, 0.15) is 56.9 Å². The normalized spacial score (nSPS) is 19.6. The zero-order chi connectivity index (χ0) is 21.2. The fraction of sp³-hybridized carbons (Fsp3) is 0.760. The minimum Gasteiger partial charge on any atom is -0.491 e. The molecule has 0 spiro atoms. The highest BCUT2D eigenvalue weighted by atomic mass is 16.5. The van der Waals surface area contributed by atoms with Gasteiger partial charge in [-0.1, -0.05) is 37.5 Å². The highest BCUT2D eigenvalue weighted by Gasteiger charge is 2.20. The van der Waals surface area contributed by atoms with Gasteiger partial charge < -0.3 is 24.5 Å². The SMILES string of the molecule is CN(CCCN1CCCC1)Cc1ccccc1OCC(O)CN(C)C1CCCCC1. The van der Waals surface area contributed by atoms with Crippen LogP contribution in [-0.2, 0) is 6.54 Å². The van der Waals surface area contributed by atoms with E-state index in [1.54, 1.807) is 0 Å². The van der Waals surface area contributed by atoms with Crippen LogP contribution in [0.3, 0.4) is 0 Å². The summed E-state index contributed by atoms with van der Waals surface area (Å²) in [5.74, 6) is 0.906. The van der Waals surface area contributed by atoms with E-state index in [1.165, 1.54) is 76.6 Å². The van der Waals surface area contributed by atoms with Gasteiger partial charge in [-0.15, -0.1) is 0 Å². The van der Waals surface area contributed by atoms with Gasteiger partial charge in [0.25, 0.3) is 0 Å². The van der Waals surface area contributed by atoms with Crippen molar-refractivity contribution in [3.8, 4) is 5.75 Å². The van der Waals surface area contributed by atoms with E-state index in [4.69, 9.17) is 4.74 Å². The summed E-state index contributed by atoms with van der Waals surface area (Å²) in [7, 11) is 4.33. The van der Waals surface area contributed by atoms with Crippen LogP contribution in [0, 0.1) is 0 Å². The van der Waals surface area contributed by atoms with Crippen LogP contribution in [-0.4, -0.2) is 85.4 Å². The Morgan fingerprint density at radius 1 is 1.07 bits per heavy atom. The first-order valence-electron chi connectivity index (χ1n) is 12.1. The summed E-state index contributed by atoms with van der Waals surface area (Å²) in [6, 6.07) is 8.90. The Hall–Kier alpha value is -1.14. The van der Waals surface area contributed by atoms with Crippen molar-refractivity contribution < 1.29 is 9.84 Å². The minimum atomic E-state index is -0.455. The summed E-state index contributed by atoms with van der Waals surface area (Å²) in [5.41, 5.74) is 1.20. The molecule has 5 heteroatoms. The Morgan fingerprint density at radius 2 is 1.80 bits per heavy atom. The number of aliphatic hydroxyl groups excluding tert-OH is 1. The first kappa shape index (κ1) is 23.5. The van der Waals surface area contributed by atoms with E-state index in [0.29, 0.717) is 19.2 Å². The van der Waals surface area contributed by atoms with Crippen LogP contribution >= 0.6 is 0 Å². The van der Waals surface area contributed by atoms with Crippen LogP contribution in [0.15, 0.2) is 24.3 Å². The van der Waals surface area contributed by atoms with Crippen LogP contribution in [0.25, 0.3) is 0 Å². The highest BCUT2D eigenvalue weighted by molar-refractivity contribution is 5.33. The topological polar surface area (TPSA) is 39.2 Å². The van der Waals surface area contributed by atoms with Crippen molar-refractivity contribution in [2.45, 2.75) is 70.1 Å². The molecule has 2 fully saturated rings. The van der Waals surface area contributed by atoms with Crippen molar-refractivity contribution in [3.63, 3.8) is 0 Å². The van der Waals surface area contributed by atoms with Crippen LogP contribution in [0.5, 0.6) is 5.75 Å². The number of aliphatic hydroxyl groups is 1. The quantitative estimate of drug-likeness (QED) is 0.563. The number of ether oxygens (including phenoxy) is 1. The summed E-state index contributed by atoms with van der Waals surface area (Å²) < 4.78 is 6.06. The highest BCUT2D eigenvalue weighted by Crippen LogP contribution is 2.22. The number of likely N-dealkylation sites (tertiary alicyclic amines) is 1. The summed E-state index contributed by atoms with van der Waals surface area (Å²) in [4.78, 5) is 7.29. The van der Waals surface area contributed by atoms with Gasteiger partial charge in [-0.2, -0.15) is 0 Å². The fourth-order valence-corrected chi connectivity index (χ4v) is 4.96. The third-order valence-electron chi connectivity index (χ3n) is 6.75. The molecule has 1 unspecified atom stereocenters. The maximum absolute atomic E-state index is 10.5. The zero-order valence-corrected chi connectivity index (χ0v) is 19.3. The molecule has 5 nitrogen and oxygen atoms in total. The molecule has 1 aromatic carbocycles. The van der Waals surface area contributed by atoms with Crippen molar-refractivity contribution in [2.24, 2.45) is 0 Å². The molecule has 1 aromatic rings. The number of benzene rings is 1. The lowest BCUT2D eigenvalue weighted by atomic mass is 9.94. The lowest BCUT2D eigenvalue weighted by Crippen LogP contribution is -2.40. The van der Waals surface area contributed by atoms with Crippen LogP contribution < -0.4 is 4.74 Å². The van der Waals surface area contributed by atoms with Gasteiger partial charge in [0.2, 0.25) is 0 Å². The second-order valence-corrected chi connectivity index (χ2v) is 9.44. The molecule has 1 aliphatic carbocycles. The Labute approximate surface area is 184 Å². The average molecular weight is 418 g/mol. The third-order valence-corrected chi connectivity index (χ3v) is 6.75. The Balaban J connectivity index is 1.40. The largest absolute Gasteiger partial charge is 0.491 e. The monoisotopic (exact) mass is 417 g/mol. The van der Waals surface area contributed by atoms with E-state index < -0.39 is 6.10 Å². The molecule has 0 radical (unpaired) electrons. The van der Waals surface area contributed by atoms with Crippen molar-refractivity contribution in [1.29, 1.82) is 0 Å². The molecule has 1 N–H and O–H groups in total. The van der Waals surface area contributed by atoms with Gasteiger partial charge in [0.15, 0.2) is 0 Å². The molecule has 1 saturated carbocycles. The number of hydrogen-bond donors (Lipinski definition) is 1. The Bertz CT molecular complexity index is 600. The predicted molar refractivity (Wildman–Crippen MR) is 124 cm³/mol. The summed E-state index contributed by atoms with van der Waals surface area (Å²) >= 11 is 0. The molecule has 0 amide bonds. The maximum atomic E-state index is 10.5. The maximum Gasteiger partial charge on any atom is 0.123 e. The number of nitrogens with zero attached hydrogens (tertiary/aromatic N) is 3. The molecule has 1 heterocycles. The number of para-hydroxylation sites is 1. The van der Waals surface area contributed by atoms with E-state index in [9.17, 15) is 5.11 Å². The average Bonchev–Trinajstić information content (AvgIpc) is 3.27. The Kier molecular flexibility index (Phi) is 9.92. The van der Waals surface area contributed by atoms with E-state index in [2.05, 4.69) is 40.9 Å². The third kappa shape index (κ3) is 7.84. The van der Waals surface area contributed by atoms with Crippen molar-refractivity contribution in [2.75, 3.05) is 53.4 Å². The van der Waals surface area contributed by atoms with Gasteiger partial charge in [0.1, 0.15) is 18.5 Å². The van der Waals surface area contributed by atoms with Crippen molar-refractivity contribution in [1.82, 2.24) is 14.7 Å². The number of hydrogen-bond acceptors (Lipinski definition) is 5. The van der Waals surface area contributed by atoms with Gasteiger partial charge in [-0.25, -0.2) is 0 Å². The van der Waals surface area contributed by atoms with Crippen LogP contribution in [0.4, 0.5) is 0 Å². The second-order valence-electron chi connectivity index (χ2n) is 9.44. The molecule has 1 atom stereocenters. The fourth-order valence-electron chi connectivity index (χ4n) is 4.96. The standard InChI is InChI=1S/C25H43N3O2/c1-26(15-10-18-28-16-8-9-17-28)19-22-11-6-7-14-25(22)30-21-24(29)20-27(2)23-12-4-3-5-13-23/h6-7,11,14,23-24,29H,3-5,8-10,12-13,15-21H2,1-2H3. The summed E-state index contributed by atoms with van der Waals surface area (Å²) in [6.45, 7) is 6.78. The summed E-state index contributed by atoms with van der Waals surface area (Å²) in [5, 5.41) is 10.5. The van der Waals surface area contributed by atoms with Crippen LogP contribution in [0.2, 0.25) is 0 Å².